The van der Waals surface area contributed by atoms with E-state index >= 15 is 0 Å². The van der Waals surface area contributed by atoms with Crippen LogP contribution in [0.1, 0.15) is 55.7 Å². The number of hydrogen-bond donors (Lipinski definition) is 1. The van der Waals surface area contributed by atoms with Gasteiger partial charge in [-0.1, -0.05) is 6.42 Å². The Labute approximate surface area is 117 Å². The van der Waals surface area contributed by atoms with Gasteiger partial charge in [0.2, 0.25) is 0 Å². The van der Waals surface area contributed by atoms with Crippen molar-refractivity contribution in [3.05, 3.63) is 23.2 Å². The molecule has 1 N–H and O–H groups in total. The lowest BCUT2D eigenvalue weighted by atomic mass is 10.00. The van der Waals surface area contributed by atoms with Gasteiger partial charge in [-0.3, -0.25) is 0 Å². The maximum Gasteiger partial charge on any atom is 0.105 e. The van der Waals surface area contributed by atoms with Crippen molar-refractivity contribution in [3.63, 3.8) is 0 Å². The first-order chi connectivity index (χ1) is 9.08. The van der Waals surface area contributed by atoms with Crippen LogP contribution in [0.5, 0.6) is 0 Å². The minimum atomic E-state index is 0.381. The highest BCUT2D eigenvalue weighted by Crippen LogP contribution is 2.22. The maximum absolute atomic E-state index is 5.60. The summed E-state index contributed by atoms with van der Waals surface area (Å²) in [7, 11) is 2.26. The Bertz CT molecular complexity index is 399. The van der Waals surface area contributed by atoms with Gasteiger partial charge in [0.15, 0.2) is 0 Å². The molecule has 2 heterocycles. The first-order valence-corrected chi connectivity index (χ1v) is 7.58. The average Bonchev–Trinajstić information content (AvgIpc) is 2.71. The topological polar surface area (TPSA) is 28.4 Å². The molecule has 108 valence electrons. The summed E-state index contributed by atoms with van der Waals surface area (Å²) < 4.78 is 5.60. The van der Waals surface area contributed by atoms with Crippen LogP contribution in [0, 0.1) is 13.8 Å². The quantitative estimate of drug-likeness (QED) is 0.883. The predicted molar refractivity (Wildman–Crippen MR) is 79.5 cm³/mol. The van der Waals surface area contributed by atoms with E-state index in [1.54, 1.807) is 0 Å². The minimum Gasteiger partial charge on any atom is -0.466 e. The van der Waals surface area contributed by atoms with Crippen LogP contribution in [0.2, 0.25) is 0 Å². The van der Waals surface area contributed by atoms with Gasteiger partial charge in [0.05, 0.1) is 0 Å². The number of aryl methyl sites for hydroxylation is 2. The van der Waals surface area contributed by atoms with Gasteiger partial charge in [-0.15, -0.1) is 0 Å². The molecule has 2 unspecified atom stereocenters. The maximum atomic E-state index is 5.60. The fourth-order valence-electron chi connectivity index (χ4n) is 3.17. The highest BCUT2D eigenvalue weighted by molar-refractivity contribution is 5.23. The van der Waals surface area contributed by atoms with Crippen LogP contribution >= 0.6 is 0 Å². The SMILES string of the molecule is Cc1cc(C(C)NCCC2CCCCN2C)c(C)o1. The summed E-state index contributed by atoms with van der Waals surface area (Å²) in [4.78, 5) is 2.52. The molecule has 1 aliphatic heterocycles. The van der Waals surface area contributed by atoms with E-state index < -0.39 is 0 Å². The lowest BCUT2D eigenvalue weighted by Crippen LogP contribution is -2.38. The van der Waals surface area contributed by atoms with Crippen LogP contribution in [0.15, 0.2) is 10.5 Å². The lowest BCUT2D eigenvalue weighted by Gasteiger charge is -2.32. The second-order valence-electron chi connectivity index (χ2n) is 5.96. The van der Waals surface area contributed by atoms with E-state index in [2.05, 4.69) is 37.2 Å². The van der Waals surface area contributed by atoms with Gasteiger partial charge in [0.1, 0.15) is 11.5 Å². The first-order valence-electron chi connectivity index (χ1n) is 7.58. The van der Waals surface area contributed by atoms with E-state index in [-0.39, 0.29) is 0 Å². The van der Waals surface area contributed by atoms with Crippen LogP contribution in [-0.2, 0) is 0 Å². The van der Waals surface area contributed by atoms with Gasteiger partial charge in [0, 0.05) is 17.6 Å². The molecule has 0 spiro atoms. The Morgan fingerprint density at radius 2 is 2.21 bits per heavy atom. The molecule has 0 radical (unpaired) electrons. The summed E-state index contributed by atoms with van der Waals surface area (Å²) in [5.41, 5.74) is 1.30. The number of likely N-dealkylation sites (tertiary alicyclic amines) is 1. The van der Waals surface area contributed by atoms with Crippen molar-refractivity contribution in [2.75, 3.05) is 20.1 Å². The smallest absolute Gasteiger partial charge is 0.105 e. The van der Waals surface area contributed by atoms with E-state index in [0.717, 1.165) is 24.1 Å². The number of furan rings is 1. The lowest BCUT2D eigenvalue weighted by molar-refractivity contribution is 0.174. The number of nitrogens with one attached hydrogen (secondary N) is 1. The first kappa shape index (κ1) is 14.6. The summed E-state index contributed by atoms with van der Waals surface area (Å²) in [6.45, 7) is 8.64. The van der Waals surface area contributed by atoms with E-state index in [0.29, 0.717) is 6.04 Å². The predicted octanol–water partition coefficient (Wildman–Crippen LogP) is 3.42. The third-order valence-electron chi connectivity index (χ3n) is 4.40. The second kappa shape index (κ2) is 6.58. The van der Waals surface area contributed by atoms with Crippen LogP contribution in [0.25, 0.3) is 0 Å². The van der Waals surface area contributed by atoms with Crippen molar-refractivity contribution >= 4 is 0 Å². The average molecular weight is 264 g/mol. The van der Waals surface area contributed by atoms with Crippen LogP contribution in [-0.4, -0.2) is 31.1 Å². The summed E-state index contributed by atoms with van der Waals surface area (Å²) in [5.74, 6) is 2.06. The van der Waals surface area contributed by atoms with Gasteiger partial charge in [-0.2, -0.15) is 0 Å². The van der Waals surface area contributed by atoms with E-state index in [1.165, 1.54) is 37.8 Å². The van der Waals surface area contributed by atoms with Crippen LogP contribution in [0.3, 0.4) is 0 Å². The van der Waals surface area contributed by atoms with Crippen LogP contribution in [0.4, 0.5) is 0 Å². The molecule has 0 aliphatic carbocycles. The highest BCUT2D eigenvalue weighted by Gasteiger charge is 2.19. The Morgan fingerprint density at radius 1 is 1.42 bits per heavy atom. The molecule has 2 rings (SSSR count). The fraction of sp³-hybridized carbons (Fsp3) is 0.750. The molecule has 1 aliphatic rings. The van der Waals surface area contributed by atoms with Crippen molar-refractivity contribution in [2.45, 2.75) is 58.5 Å². The fourth-order valence-corrected chi connectivity index (χ4v) is 3.17. The van der Waals surface area contributed by atoms with E-state index in [9.17, 15) is 0 Å². The van der Waals surface area contributed by atoms with Crippen molar-refractivity contribution < 1.29 is 4.42 Å². The number of rotatable bonds is 5. The summed E-state index contributed by atoms with van der Waals surface area (Å²) in [6.07, 6.45) is 5.36. The Balaban J connectivity index is 1.77. The molecule has 0 amide bonds. The highest BCUT2D eigenvalue weighted by atomic mass is 16.3. The van der Waals surface area contributed by atoms with Gasteiger partial charge < -0.3 is 14.6 Å². The zero-order valence-electron chi connectivity index (χ0n) is 12.8. The van der Waals surface area contributed by atoms with E-state index in [1.807, 2.05) is 6.92 Å². The molecule has 3 heteroatoms. The third kappa shape index (κ3) is 3.83. The summed E-state index contributed by atoms with van der Waals surface area (Å²) >= 11 is 0. The molecule has 0 saturated carbocycles. The van der Waals surface area contributed by atoms with Gasteiger partial charge >= 0.3 is 0 Å². The molecular formula is C16H28N2O. The largest absolute Gasteiger partial charge is 0.466 e. The molecule has 1 aromatic rings. The number of nitrogens with zero attached hydrogens (tertiary/aromatic N) is 1. The minimum absolute atomic E-state index is 0.381. The zero-order chi connectivity index (χ0) is 13.8. The second-order valence-corrected chi connectivity index (χ2v) is 5.96. The monoisotopic (exact) mass is 264 g/mol. The normalized spacial score (nSPS) is 22.6. The molecule has 2 atom stereocenters. The molecule has 0 bridgehead atoms. The number of piperidine rings is 1. The number of hydrogen-bond acceptors (Lipinski definition) is 3. The van der Waals surface area contributed by atoms with Crippen molar-refractivity contribution in [1.82, 2.24) is 10.2 Å². The zero-order valence-corrected chi connectivity index (χ0v) is 12.8. The molecular weight excluding hydrogens is 236 g/mol. The van der Waals surface area contributed by atoms with Crippen molar-refractivity contribution in [2.24, 2.45) is 0 Å². The van der Waals surface area contributed by atoms with E-state index in [4.69, 9.17) is 4.42 Å². The Hall–Kier alpha value is -0.800. The van der Waals surface area contributed by atoms with Crippen molar-refractivity contribution in [3.8, 4) is 0 Å². The summed E-state index contributed by atoms with van der Waals surface area (Å²) in [5, 5.41) is 3.63. The molecule has 3 nitrogen and oxygen atoms in total. The molecule has 1 aromatic heterocycles. The van der Waals surface area contributed by atoms with Gasteiger partial charge in [-0.25, -0.2) is 0 Å². The Morgan fingerprint density at radius 3 is 2.84 bits per heavy atom. The van der Waals surface area contributed by atoms with Crippen molar-refractivity contribution in [1.29, 1.82) is 0 Å². The summed E-state index contributed by atoms with van der Waals surface area (Å²) in [6, 6.07) is 3.30. The Kier molecular flexibility index (Phi) is 5.06. The molecule has 19 heavy (non-hydrogen) atoms. The third-order valence-corrected chi connectivity index (χ3v) is 4.40. The molecule has 1 saturated heterocycles. The molecule has 1 fully saturated rings. The standard InChI is InChI=1S/C16H28N2O/c1-12-11-16(14(3)19-12)13(2)17-9-8-15-7-5-6-10-18(15)4/h11,13,15,17H,5-10H2,1-4H3. The van der Waals surface area contributed by atoms with Crippen LogP contribution < -0.4 is 5.32 Å². The molecule has 0 aromatic carbocycles. The van der Waals surface area contributed by atoms with Gasteiger partial charge in [-0.05, 0) is 66.2 Å². The van der Waals surface area contributed by atoms with Gasteiger partial charge in [0.25, 0.3) is 0 Å².